The van der Waals surface area contributed by atoms with Gasteiger partial charge >= 0.3 is 12.1 Å². The van der Waals surface area contributed by atoms with Crippen LogP contribution in [0.15, 0.2) is 18.2 Å². The first-order chi connectivity index (χ1) is 8.75. The van der Waals surface area contributed by atoms with Gasteiger partial charge < -0.3 is 14.6 Å². The van der Waals surface area contributed by atoms with Gasteiger partial charge in [0.2, 0.25) is 0 Å². The molecule has 1 unspecified atom stereocenters. The summed E-state index contributed by atoms with van der Waals surface area (Å²) in [5.41, 5.74) is -1.56. The van der Waals surface area contributed by atoms with E-state index in [1.165, 1.54) is 7.11 Å². The maximum absolute atomic E-state index is 12.5. The minimum Gasteiger partial charge on any atom is -0.487 e. The van der Waals surface area contributed by atoms with Gasteiger partial charge in [-0.1, -0.05) is 0 Å². The second kappa shape index (κ2) is 5.92. The topological polar surface area (TPSA) is 55.8 Å². The van der Waals surface area contributed by atoms with E-state index in [-0.39, 0.29) is 12.4 Å². The predicted molar refractivity (Wildman–Crippen MR) is 60.4 cm³/mol. The fraction of sp³-hybridized carbons (Fsp3) is 0.417. The number of halogens is 3. The number of aromatic carboxylic acids is 1. The number of ether oxygens (including phenoxy) is 2. The first-order valence-electron chi connectivity index (χ1n) is 5.36. The first-order valence-corrected chi connectivity index (χ1v) is 5.36. The van der Waals surface area contributed by atoms with Gasteiger partial charge in [0.15, 0.2) is 0 Å². The van der Waals surface area contributed by atoms with Gasteiger partial charge in [0, 0.05) is 7.11 Å². The zero-order valence-electron chi connectivity index (χ0n) is 10.3. The maximum atomic E-state index is 12.5. The van der Waals surface area contributed by atoms with Gasteiger partial charge in [-0.15, -0.1) is 0 Å². The van der Waals surface area contributed by atoms with Crippen LogP contribution in [0.3, 0.4) is 0 Å². The lowest BCUT2D eigenvalue weighted by Gasteiger charge is -2.16. The summed E-state index contributed by atoms with van der Waals surface area (Å²) in [5, 5.41) is 8.92. The summed E-state index contributed by atoms with van der Waals surface area (Å²) in [7, 11) is 1.44. The SMILES string of the molecule is COCC(C)Oc1ccc(C(F)(F)F)cc1C(=O)O. The van der Waals surface area contributed by atoms with Gasteiger partial charge in [0.1, 0.15) is 17.4 Å². The number of benzene rings is 1. The van der Waals surface area contributed by atoms with Gasteiger partial charge in [-0.25, -0.2) is 4.79 Å². The highest BCUT2D eigenvalue weighted by Crippen LogP contribution is 2.32. The van der Waals surface area contributed by atoms with E-state index in [0.29, 0.717) is 6.07 Å². The molecule has 0 saturated heterocycles. The first kappa shape index (κ1) is 15.3. The number of rotatable bonds is 5. The van der Waals surface area contributed by atoms with Crippen LogP contribution in [0.1, 0.15) is 22.8 Å². The molecule has 19 heavy (non-hydrogen) atoms. The third-order valence-electron chi connectivity index (χ3n) is 2.27. The standard InChI is InChI=1S/C12H13F3O4/c1-7(6-18-2)19-10-4-3-8(12(13,14)15)5-9(10)11(16)17/h3-5,7H,6H2,1-2H3,(H,16,17). The van der Waals surface area contributed by atoms with Crippen molar-refractivity contribution >= 4 is 5.97 Å². The fourth-order valence-corrected chi connectivity index (χ4v) is 1.46. The minimum absolute atomic E-state index is 0.120. The molecule has 0 fully saturated rings. The van der Waals surface area contributed by atoms with Crippen LogP contribution in [-0.4, -0.2) is 30.9 Å². The summed E-state index contributed by atoms with van der Waals surface area (Å²) in [4.78, 5) is 11.0. The van der Waals surface area contributed by atoms with Crippen LogP contribution < -0.4 is 4.74 Å². The van der Waals surface area contributed by atoms with Crippen LogP contribution >= 0.6 is 0 Å². The Labute approximate surface area is 107 Å². The molecule has 0 saturated carbocycles. The Hall–Kier alpha value is -1.76. The molecule has 1 aromatic carbocycles. The molecule has 0 radical (unpaired) electrons. The van der Waals surface area contributed by atoms with Crippen molar-refractivity contribution in [3.05, 3.63) is 29.3 Å². The molecule has 1 rings (SSSR count). The van der Waals surface area contributed by atoms with Gasteiger partial charge in [0.25, 0.3) is 0 Å². The molecule has 0 aliphatic rings. The molecule has 1 atom stereocenters. The molecule has 106 valence electrons. The summed E-state index contributed by atoms with van der Waals surface area (Å²) in [5.74, 6) is -1.60. The van der Waals surface area contributed by atoms with Crippen molar-refractivity contribution < 1.29 is 32.5 Å². The molecule has 1 aromatic rings. The molecule has 0 aliphatic carbocycles. The van der Waals surface area contributed by atoms with Crippen molar-refractivity contribution in [1.82, 2.24) is 0 Å². The average Bonchev–Trinajstić information content (AvgIpc) is 2.27. The molecule has 4 nitrogen and oxygen atoms in total. The summed E-state index contributed by atoms with van der Waals surface area (Å²) < 4.78 is 47.5. The molecular formula is C12H13F3O4. The number of hydrogen-bond acceptors (Lipinski definition) is 3. The third-order valence-corrected chi connectivity index (χ3v) is 2.27. The lowest BCUT2D eigenvalue weighted by Crippen LogP contribution is -2.20. The highest BCUT2D eigenvalue weighted by atomic mass is 19.4. The van der Waals surface area contributed by atoms with Gasteiger partial charge in [-0.2, -0.15) is 13.2 Å². The Morgan fingerprint density at radius 3 is 2.53 bits per heavy atom. The number of carboxylic acid groups (broad SMARTS) is 1. The molecule has 0 aliphatic heterocycles. The molecule has 0 spiro atoms. The Bertz CT molecular complexity index is 457. The smallest absolute Gasteiger partial charge is 0.416 e. The van der Waals surface area contributed by atoms with Crippen molar-refractivity contribution in [2.24, 2.45) is 0 Å². The van der Waals surface area contributed by atoms with E-state index in [9.17, 15) is 18.0 Å². The molecule has 0 heterocycles. The van der Waals surface area contributed by atoms with Gasteiger partial charge in [-0.3, -0.25) is 0 Å². The summed E-state index contributed by atoms with van der Waals surface area (Å²) in [6.07, 6.45) is -5.07. The van der Waals surface area contributed by atoms with E-state index < -0.39 is 29.4 Å². The Morgan fingerprint density at radius 2 is 2.05 bits per heavy atom. The van der Waals surface area contributed by atoms with Crippen molar-refractivity contribution in [3.8, 4) is 5.75 Å². The number of carbonyl (C=O) groups is 1. The minimum atomic E-state index is -4.60. The number of hydrogen-bond donors (Lipinski definition) is 1. The highest BCUT2D eigenvalue weighted by Gasteiger charge is 2.32. The van der Waals surface area contributed by atoms with Gasteiger partial charge in [0.05, 0.1) is 12.2 Å². The quantitative estimate of drug-likeness (QED) is 0.899. The van der Waals surface area contributed by atoms with E-state index in [1.54, 1.807) is 6.92 Å². The lowest BCUT2D eigenvalue weighted by molar-refractivity contribution is -0.137. The van der Waals surface area contributed by atoms with E-state index in [0.717, 1.165) is 12.1 Å². The highest BCUT2D eigenvalue weighted by molar-refractivity contribution is 5.91. The molecule has 0 aromatic heterocycles. The normalized spacial score (nSPS) is 13.1. The molecule has 0 bridgehead atoms. The third kappa shape index (κ3) is 4.13. The Kier molecular flexibility index (Phi) is 4.77. The van der Waals surface area contributed by atoms with Crippen LogP contribution in [0.4, 0.5) is 13.2 Å². The van der Waals surface area contributed by atoms with E-state index in [4.69, 9.17) is 14.6 Å². The summed E-state index contributed by atoms with van der Waals surface area (Å²) in [6, 6.07) is 2.33. The molecule has 0 amide bonds. The van der Waals surface area contributed by atoms with Crippen LogP contribution in [-0.2, 0) is 10.9 Å². The largest absolute Gasteiger partial charge is 0.487 e. The predicted octanol–water partition coefficient (Wildman–Crippen LogP) is 2.82. The average molecular weight is 278 g/mol. The van der Waals surface area contributed by atoms with Gasteiger partial charge in [-0.05, 0) is 25.1 Å². The maximum Gasteiger partial charge on any atom is 0.416 e. The number of methoxy groups -OCH3 is 1. The monoisotopic (exact) mass is 278 g/mol. The lowest BCUT2D eigenvalue weighted by atomic mass is 10.1. The zero-order valence-corrected chi connectivity index (χ0v) is 10.3. The van der Waals surface area contributed by atoms with E-state index in [1.807, 2.05) is 0 Å². The molecule has 7 heteroatoms. The Morgan fingerprint density at radius 1 is 1.42 bits per heavy atom. The fourth-order valence-electron chi connectivity index (χ4n) is 1.46. The zero-order chi connectivity index (χ0) is 14.6. The summed E-state index contributed by atoms with van der Waals surface area (Å²) in [6.45, 7) is 1.81. The van der Waals surface area contributed by atoms with Crippen LogP contribution in [0.5, 0.6) is 5.75 Å². The number of carboxylic acids is 1. The van der Waals surface area contributed by atoms with Crippen molar-refractivity contribution in [3.63, 3.8) is 0 Å². The molecule has 1 N–H and O–H groups in total. The molecular weight excluding hydrogens is 265 g/mol. The van der Waals surface area contributed by atoms with E-state index >= 15 is 0 Å². The second-order valence-corrected chi connectivity index (χ2v) is 3.90. The van der Waals surface area contributed by atoms with Crippen molar-refractivity contribution in [2.45, 2.75) is 19.2 Å². The second-order valence-electron chi connectivity index (χ2n) is 3.90. The van der Waals surface area contributed by atoms with Crippen LogP contribution in [0.2, 0.25) is 0 Å². The van der Waals surface area contributed by atoms with Crippen LogP contribution in [0, 0.1) is 0 Å². The van der Waals surface area contributed by atoms with Crippen molar-refractivity contribution in [2.75, 3.05) is 13.7 Å². The summed E-state index contributed by atoms with van der Waals surface area (Å²) >= 11 is 0. The van der Waals surface area contributed by atoms with Crippen molar-refractivity contribution in [1.29, 1.82) is 0 Å². The van der Waals surface area contributed by atoms with E-state index in [2.05, 4.69) is 0 Å². The van der Waals surface area contributed by atoms with Crippen LogP contribution in [0.25, 0.3) is 0 Å². The Balaban J connectivity index is 3.09. The number of alkyl halides is 3.